The van der Waals surface area contributed by atoms with Crippen molar-refractivity contribution in [1.82, 2.24) is 4.90 Å². The number of rotatable bonds is 7. The fourth-order valence-electron chi connectivity index (χ4n) is 2.84. The van der Waals surface area contributed by atoms with Crippen molar-refractivity contribution in [2.24, 2.45) is 0 Å². The molecule has 0 aromatic heterocycles. The molecule has 0 saturated carbocycles. The van der Waals surface area contributed by atoms with Gasteiger partial charge < -0.3 is 9.47 Å². The highest BCUT2D eigenvalue weighted by Gasteiger charge is 2.34. The van der Waals surface area contributed by atoms with E-state index in [0.29, 0.717) is 22.8 Å². The second-order valence-electron chi connectivity index (χ2n) is 6.54. The summed E-state index contributed by atoms with van der Waals surface area (Å²) in [5, 5.41) is 0. The Hall–Kier alpha value is -3.15. The van der Waals surface area contributed by atoms with Crippen molar-refractivity contribution in [2.75, 3.05) is 19.8 Å². The standard InChI is InChI=1S/C21H21NO5/c1-14(2)15-6-5-7-16(12-15)27-13-19(23)26-11-10-22-20(24)17-8-3-4-9-18(17)21(22)25/h3-9,12,14H,10-11,13H2,1-2H3. The number of hydrogen-bond donors (Lipinski definition) is 0. The van der Waals surface area contributed by atoms with Crippen molar-refractivity contribution < 1.29 is 23.9 Å². The van der Waals surface area contributed by atoms with E-state index in [4.69, 9.17) is 9.47 Å². The van der Waals surface area contributed by atoms with E-state index in [1.54, 1.807) is 30.3 Å². The van der Waals surface area contributed by atoms with Crippen molar-refractivity contribution in [2.45, 2.75) is 19.8 Å². The second-order valence-corrected chi connectivity index (χ2v) is 6.54. The van der Waals surface area contributed by atoms with Crippen LogP contribution < -0.4 is 4.74 Å². The molecule has 1 heterocycles. The second kappa shape index (κ2) is 8.03. The van der Waals surface area contributed by atoms with Gasteiger partial charge in [-0.1, -0.05) is 38.1 Å². The summed E-state index contributed by atoms with van der Waals surface area (Å²) in [6.45, 7) is 3.86. The third-order valence-corrected chi connectivity index (χ3v) is 4.34. The van der Waals surface area contributed by atoms with Crippen LogP contribution in [0.5, 0.6) is 5.75 Å². The fraction of sp³-hybridized carbons (Fsp3) is 0.286. The largest absolute Gasteiger partial charge is 0.482 e. The molecule has 0 atom stereocenters. The van der Waals surface area contributed by atoms with Gasteiger partial charge in [-0.05, 0) is 35.7 Å². The van der Waals surface area contributed by atoms with E-state index in [-0.39, 0.29) is 31.6 Å². The monoisotopic (exact) mass is 367 g/mol. The Balaban J connectivity index is 1.46. The van der Waals surface area contributed by atoms with Crippen LogP contribution in [-0.4, -0.2) is 42.4 Å². The molecule has 0 N–H and O–H groups in total. The molecule has 0 unspecified atom stereocenters. The molecule has 0 fully saturated rings. The highest BCUT2D eigenvalue weighted by atomic mass is 16.6. The van der Waals surface area contributed by atoms with E-state index >= 15 is 0 Å². The summed E-state index contributed by atoms with van der Waals surface area (Å²) in [7, 11) is 0. The van der Waals surface area contributed by atoms with Crippen molar-refractivity contribution in [3.63, 3.8) is 0 Å². The molecule has 1 aliphatic heterocycles. The van der Waals surface area contributed by atoms with Crippen LogP contribution in [0, 0.1) is 0 Å². The van der Waals surface area contributed by atoms with Crippen LogP contribution in [0.15, 0.2) is 48.5 Å². The molecule has 140 valence electrons. The molecule has 3 rings (SSSR count). The zero-order chi connectivity index (χ0) is 19.4. The van der Waals surface area contributed by atoms with Crippen molar-refractivity contribution >= 4 is 17.8 Å². The van der Waals surface area contributed by atoms with Gasteiger partial charge in [-0.3, -0.25) is 14.5 Å². The number of amides is 2. The minimum absolute atomic E-state index is 0.0148. The van der Waals surface area contributed by atoms with Gasteiger partial charge in [0.1, 0.15) is 12.4 Å². The summed E-state index contributed by atoms with van der Waals surface area (Å²) in [5.41, 5.74) is 1.87. The number of benzene rings is 2. The predicted octanol–water partition coefficient (Wildman–Crippen LogP) is 3.03. The van der Waals surface area contributed by atoms with Crippen LogP contribution in [0.3, 0.4) is 0 Å². The van der Waals surface area contributed by atoms with Gasteiger partial charge in [0.25, 0.3) is 11.8 Å². The molecule has 27 heavy (non-hydrogen) atoms. The third kappa shape index (κ3) is 4.16. The Kier molecular flexibility index (Phi) is 5.54. The Morgan fingerprint density at radius 3 is 2.30 bits per heavy atom. The zero-order valence-electron chi connectivity index (χ0n) is 15.3. The van der Waals surface area contributed by atoms with Crippen LogP contribution in [0.4, 0.5) is 0 Å². The summed E-state index contributed by atoms with van der Waals surface area (Å²) >= 11 is 0. The number of fused-ring (bicyclic) bond motifs is 1. The average Bonchev–Trinajstić information content (AvgIpc) is 2.92. The Bertz CT molecular complexity index is 839. The zero-order valence-corrected chi connectivity index (χ0v) is 15.3. The van der Waals surface area contributed by atoms with Gasteiger partial charge in [-0.25, -0.2) is 4.79 Å². The maximum absolute atomic E-state index is 12.2. The van der Waals surface area contributed by atoms with Crippen molar-refractivity contribution in [1.29, 1.82) is 0 Å². The summed E-state index contributed by atoms with van der Waals surface area (Å²) in [6, 6.07) is 14.2. The van der Waals surface area contributed by atoms with E-state index in [1.807, 2.05) is 18.2 Å². The van der Waals surface area contributed by atoms with Crippen LogP contribution in [0.2, 0.25) is 0 Å². The van der Waals surface area contributed by atoms with E-state index in [2.05, 4.69) is 13.8 Å². The first-order chi connectivity index (χ1) is 13.0. The number of imide groups is 1. The molecule has 2 amide bonds. The van der Waals surface area contributed by atoms with Crippen molar-refractivity contribution in [3.8, 4) is 5.75 Å². The van der Waals surface area contributed by atoms with Crippen LogP contribution in [0.1, 0.15) is 46.0 Å². The fourth-order valence-corrected chi connectivity index (χ4v) is 2.84. The molecular formula is C21H21NO5. The first-order valence-electron chi connectivity index (χ1n) is 8.81. The molecule has 2 aromatic carbocycles. The molecule has 6 heteroatoms. The van der Waals surface area contributed by atoms with Gasteiger partial charge in [0.15, 0.2) is 6.61 Å². The molecule has 0 saturated heterocycles. The van der Waals surface area contributed by atoms with Gasteiger partial charge in [-0.2, -0.15) is 0 Å². The SMILES string of the molecule is CC(C)c1cccc(OCC(=O)OCCN2C(=O)c3ccccc3C2=O)c1. The van der Waals surface area contributed by atoms with Gasteiger partial charge in [0.2, 0.25) is 0 Å². The first kappa shape index (κ1) is 18.6. The van der Waals surface area contributed by atoms with Gasteiger partial charge in [-0.15, -0.1) is 0 Å². The average molecular weight is 367 g/mol. The number of esters is 1. The highest BCUT2D eigenvalue weighted by molar-refractivity contribution is 6.21. The molecule has 0 bridgehead atoms. The van der Waals surface area contributed by atoms with E-state index in [9.17, 15) is 14.4 Å². The Morgan fingerprint density at radius 1 is 1.00 bits per heavy atom. The molecule has 0 aliphatic carbocycles. The first-order valence-corrected chi connectivity index (χ1v) is 8.81. The normalized spacial score (nSPS) is 13.1. The van der Waals surface area contributed by atoms with Crippen molar-refractivity contribution in [3.05, 3.63) is 65.2 Å². The summed E-state index contributed by atoms with van der Waals surface area (Å²) < 4.78 is 10.5. The summed E-state index contributed by atoms with van der Waals surface area (Å²) in [5.74, 6) is -0.331. The lowest BCUT2D eigenvalue weighted by Gasteiger charge is -2.14. The van der Waals surface area contributed by atoms with Gasteiger partial charge >= 0.3 is 5.97 Å². The molecule has 1 aliphatic rings. The maximum atomic E-state index is 12.2. The number of ether oxygens (including phenoxy) is 2. The van der Waals surface area contributed by atoms with Gasteiger partial charge in [0.05, 0.1) is 17.7 Å². The topological polar surface area (TPSA) is 72.9 Å². The number of nitrogens with zero attached hydrogens (tertiary/aromatic N) is 1. The van der Waals surface area contributed by atoms with Crippen LogP contribution in [-0.2, 0) is 9.53 Å². The third-order valence-electron chi connectivity index (χ3n) is 4.34. The minimum atomic E-state index is -0.554. The van der Waals surface area contributed by atoms with E-state index in [1.165, 1.54) is 0 Å². The maximum Gasteiger partial charge on any atom is 0.344 e. The van der Waals surface area contributed by atoms with E-state index < -0.39 is 5.97 Å². The predicted molar refractivity (Wildman–Crippen MR) is 98.8 cm³/mol. The van der Waals surface area contributed by atoms with Gasteiger partial charge in [0, 0.05) is 0 Å². The Morgan fingerprint density at radius 2 is 1.67 bits per heavy atom. The lowest BCUT2D eigenvalue weighted by atomic mass is 10.0. The molecule has 6 nitrogen and oxygen atoms in total. The quantitative estimate of drug-likeness (QED) is 0.556. The molecule has 0 spiro atoms. The lowest BCUT2D eigenvalue weighted by Crippen LogP contribution is -2.33. The highest BCUT2D eigenvalue weighted by Crippen LogP contribution is 2.22. The minimum Gasteiger partial charge on any atom is -0.482 e. The summed E-state index contributed by atoms with van der Waals surface area (Å²) in [6.07, 6.45) is 0. The molecular weight excluding hydrogens is 346 g/mol. The van der Waals surface area contributed by atoms with E-state index in [0.717, 1.165) is 10.5 Å². The van der Waals surface area contributed by atoms with Crippen LogP contribution >= 0.6 is 0 Å². The van der Waals surface area contributed by atoms with Crippen LogP contribution in [0.25, 0.3) is 0 Å². The lowest BCUT2D eigenvalue weighted by molar-refractivity contribution is -0.146. The number of carbonyl (C=O) groups is 3. The molecule has 2 aromatic rings. The number of hydrogen-bond acceptors (Lipinski definition) is 5. The number of carbonyl (C=O) groups excluding carboxylic acids is 3. The molecule has 0 radical (unpaired) electrons. The Labute approximate surface area is 157 Å². The summed E-state index contributed by atoms with van der Waals surface area (Å²) in [4.78, 5) is 37.4. The smallest absolute Gasteiger partial charge is 0.344 e.